The Hall–Kier alpha value is -2.80. The number of piperidine rings is 1. The third kappa shape index (κ3) is 5.51. The first kappa shape index (κ1) is 22.4. The van der Waals surface area contributed by atoms with Crippen LogP contribution in [0.1, 0.15) is 30.4 Å². The first-order valence-electron chi connectivity index (χ1n) is 11.4. The maximum Gasteiger partial charge on any atom is 0.226 e. The van der Waals surface area contributed by atoms with Gasteiger partial charge in [-0.15, -0.1) is 0 Å². The van der Waals surface area contributed by atoms with Crippen LogP contribution in [0, 0.1) is 17.7 Å². The molecule has 0 aliphatic carbocycles. The van der Waals surface area contributed by atoms with Gasteiger partial charge in [0.1, 0.15) is 5.82 Å². The number of carbonyl (C=O) groups is 1. The van der Waals surface area contributed by atoms with Gasteiger partial charge in [0.25, 0.3) is 0 Å². The molecule has 32 heavy (non-hydrogen) atoms. The fraction of sp³-hybridized carbons (Fsp3) is 0.480. The minimum atomic E-state index is -0.249. The first-order valence-corrected chi connectivity index (χ1v) is 11.4. The molecule has 170 valence electrons. The van der Waals surface area contributed by atoms with Crippen molar-refractivity contribution in [2.45, 2.75) is 32.4 Å². The molecule has 2 aliphatic heterocycles. The van der Waals surface area contributed by atoms with Crippen molar-refractivity contribution in [3.8, 4) is 0 Å². The first-order chi connectivity index (χ1) is 15.5. The largest absolute Gasteiger partial charge is 0.347 e. The van der Waals surface area contributed by atoms with Crippen LogP contribution in [0.2, 0.25) is 0 Å². The molecule has 2 aromatic rings. The van der Waals surface area contributed by atoms with Crippen LogP contribution in [0.5, 0.6) is 0 Å². The van der Waals surface area contributed by atoms with E-state index in [1.165, 1.54) is 12.1 Å². The van der Waals surface area contributed by atoms with Gasteiger partial charge < -0.3 is 9.80 Å². The highest BCUT2D eigenvalue weighted by Gasteiger charge is 2.34. The molecular formula is C25H32FN5O. The summed E-state index contributed by atoms with van der Waals surface area (Å²) in [6.45, 7) is 3.95. The van der Waals surface area contributed by atoms with E-state index in [9.17, 15) is 9.18 Å². The molecule has 1 aromatic carbocycles. The number of benzene rings is 1. The Morgan fingerprint density at radius 1 is 1.00 bits per heavy atom. The maximum atomic E-state index is 13.4. The lowest BCUT2D eigenvalue weighted by molar-refractivity contribution is -0.137. The number of nitrogens with zero attached hydrogens (tertiary/aromatic N) is 5. The van der Waals surface area contributed by atoms with Gasteiger partial charge in [-0.1, -0.05) is 24.3 Å². The van der Waals surface area contributed by atoms with E-state index < -0.39 is 0 Å². The van der Waals surface area contributed by atoms with Gasteiger partial charge in [-0.05, 0) is 56.0 Å². The van der Waals surface area contributed by atoms with Crippen LogP contribution in [-0.4, -0.2) is 59.4 Å². The normalized spacial score (nSPS) is 20.4. The molecule has 1 saturated heterocycles. The van der Waals surface area contributed by atoms with Crippen molar-refractivity contribution in [1.29, 1.82) is 0 Å². The second-order valence-corrected chi connectivity index (χ2v) is 9.06. The predicted octanol–water partition coefficient (Wildman–Crippen LogP) is 3.50. The summed E-state index contributed by atoms with van der Waals surface area (Å²) in [5, 5.41) is 0. The molecular weight excluding hydrogens is 405 g/mol. The second-order valence-electron chi connectivity index (χ2n) is 9.06. The van der Waals surface area contributed by atoms with Crippen molar-refractivity contribution in [3.63, 3.8) is 0 Å². The highest BCUT2D eigenvalue weighted by atomic mass is 19.1. The van der Waals surface area contributed by atoms with E-state index in [2.05, 4.69) is 27.0 Å². The van der Waals surface area contributed by atoms with Crippen LogP contribution in [0.25, 0.3) is 0 Å². The zero-order valence-electron chi connectivity index (χ0n) is 19.0. The Morgan fingerprint density at radius 3 is 2.34 bits per heavy atom. The van der Waals surface area contributed by atoms with Gasteiger partial charge in [-0.2, -0.15) is 0 Å². The number of aromatic nitrogens is 2. The molecule has 0 radical (unpaired) electrons. The smallest absolute Gasteiger partial charge is 0.226 e. The molecule has 0 spiro atoms. The molecule has 1 unspecified atom stereocenters. The Morgan fingerprint density at radius 2 is 1.69 bits per heavy atom. The van der Waals surface area contributed by atoms with Crippen LogP contribution >= 0.6 is 0 Å². The zero-order chi connectivity index (χ0) is 22.5. The zero-order valence-corrected chi connectivity index (χ0v) is 19.0. The SMILES string of the molecule is CN(C)c1ncc(CN2CCC(C3CC=CCN(Cc4ccc(F)cc4)C3=O)CC2)cn1. The quantitative estimate of drug-likeness (QED) is 0.648. The highest BCUT2D eigenvalue weighted by Crippen LogP contribution is 2.31. The lowest BCUT2D eigenvalue weighted by atomic mass is 9.81. The number of amides is 1. The summed E-state index contributed by atoms with van der Waals surface area (Å²) in [5.74, 6) is 1.12. The van der Waals surface area contributed by atoms with Gasteiger partial charge in [-0.25, -0.2) is 14.4 Å². The predicted molar refractivity (Wildman–Crippen MR) is 123 cm³/mol. The molecule has 0 N–H and O–H groups in total. The average molecular weight is 438 g/mol. The summed E-state index contributed by atoms with van der Waals surface area (Å²) in [4.78, 5) is 28.4. The number of hydrogen-bond donors (Lipinski definition) is 0. The number of likely N-dealkylation sites (tertiary alicyclic amines) is 1. The van der Waals surface area contributed by atoms with E-state index in [0.717, 1.165) is 56.0 Å². The molecule has 0 saturated carbocycles. The van der Waals surface area contributed by atoms with E-state index >= 15 is 0 Å². The maximum absolute atomic E-state index is 13.4. The minimum Gasteiger partial charge on any atom is -0.347 e. The third-order valence-electron chi connectivity index (χ3n) is 6.50. The topological polar surface area (TPSA) is 52.6 Å². The molecule has 7 heteroatoms. The molecule has 4 rings (SSSR count). The number of rotatable bonds is 6. The van der Waals surface area contributed by atoms with E-state index in [1.807, 2.05) is 36.3 Å². The fourth-order valence-corrected chi connectivity index (χ4v) is 4.65. The van der Waals surface area contributed by atoms with Gasteiger partial charge in [0.05, 0.1) is 0 Å². The molecule has 6 nitrogen and oxygen atoms in total. The molecule has 1 amide bonds. The Bertz CT molecular complexity index is 920. The number of halogens is 1. The van der Waals surface area contributed by atoms with Crippen LogP contribution in [0.3, 0.4) is 0 Å². The summed E-state index contributed by atoms with van der Waals surface area (Å²) in [6.07, 6.45) is 10.9. The number of allylic oxidation sites excluding steroid dienone is 1. The van der Waals surface area contributed by atoms with Crippen molar-refractivity contribution >= 4 is 11.9 Å². The van der Waals surface area contributed by atoms with E-state index in [1.54, 1.807) is 12.1 Å². The van der Waals surface area contributed by atoms with Gasteiger partial charge in [0.2, 0.25) is 11.9 Å². The van der Waals surface area contributed by atoms with Crippen molar-refractivity contribution < 1.29 is 9.18 Å². The van der Waals surface area contributed by atoms with Gasteiger partial charge in [-0.3, -0.25) is 9.69 Å². The molecule has 1 atom stereocenters. The van der Waals surface area contributed by atoms with Crippen LogP contribution in [0.15, 0.2) is 48.8 Å². The fourth-order valence-electron chi connectivity index (χ4n) is 4.65. The summed E-state index contributed by atoms with van der Waals surface area (Å²) < 4.78 is 13.2. The Balaban J connectivity index is 1.33. The van der Waals surface area contributed by atoms with E-state index in [4.69, 9.17) is 0 Å². The summed E-state index contributed by atoms with van der Waals surface area (Å²) in [5.41, 5.74) is 2.08. The van der Waals surface area contributed by atoms with E-state index in [-0.39, 0.29) is 17.6 Å². The third-order valence-corrected chi connectivity index (χ3v) is 6.50. The Labute approximate surface area is 189 Å². The van der Waals surface area contributed by atoms with Crippen molar-refractivity contribution in [2.75, 3.05) is 38.6 Å². The van der Waals surface area contributed by atoms with Crippen molar-refractivity contribution in [2.24, 2.45) is 11.8 Å². The summed E-state index contributed by atoms with van der Waals surface area (Å²) in [6, 6.07) is 6.44. The highest BCUT2D eigenvalue weighted by molar-refractivity contribution is 5.80. The van der Waals surface area contributed by atoms with E-state index in [0.29, 0.717) is 19.0 Å². The van der Waals surface area contributed by atoms with Gasteiger partial charge in [0, 0.05) is 57.6 Å². The van der Waals surface area contributed by atoms with Crippen LogP contribution < -0.4 is 4.90 Å². The summed E-state index contributed by atoms with van der Waals surface area (Å²) >= 11 is 0. The number of hydrogen-bond acceptors (Lipinski definition) is 5. The molecule has 3 heterocycles. The standard InChI is InChI=1S/C25H32FN5O/c1-29(2)25-27-15-20(16-28-25)17-30-13-10-21(11-14-30)23-5-3-4-12-31(24(23)32)18-19-6-8-22(26)9-7-19/h3-4,6-9,15-16,21,23H,5,10-14,17-18H2,1-2H3. The Kier molecular flexibility index (Phi) is 7.15. The molecule has 1 fully saturated rings. The van der Waals surface area contributed by atoms with Gasteiger partial charge in [0.15, 0.2) is 0 Å². The lowest BCUT2D eigenvalue weighted by Gasteiger charge is -2.36. The number of anilines is 1. The minimum absolute atomic E-state index is 0.0269. The van der Waals surface area contributed by atoms with Crippen molar-refractivity contribution in [3.05, 3.63) is 65.8 Å². The second kappa shape index (κ2) is 10.2. The average Bonchev–Trinajstić information content (AvgIpc) is 2.98. The van der Waals surface area contributed by atoms with Crippen LogP contribution in [-0.2, 0) is 17.9 Å². The molecule has 1 aromatic heterocycles. The summed E-state index contributed by atoms with van der Waals surface area (Å²) in [7, 11) is 3.87. The van der Waals surface area contributed by atoms with Crippen LogP contribution in [0.4, 0.5) is 10.3 Å². The monoisotopic (exact) mass is 437 g/mol. The number of carbonyl (C=O) groups excluding carboxylic acids is 1. The molecule has 2 aliphatic rings. The van der Waals surface area contributed by atoms with Gasteiger partial charge >= 0.3 is 0 Å². The lowest BCUT2D eigenvalue weighted by Crippen LogP contribution is -2.42. The molecule has 0 bridgehead atoms. The van der Waals surface area contributed by atoms with Crippen molar-refractivity contribution in [1.82, 2.24) is 19.8 Å².